The molecular formula is C12H13N3O2. The third-order valence-corrected chi connectivity index (χ3v) is 2.67. The Hall–Kier alpha value is -2.17. The van der Waals surface area contributed by atoms with E-state index in [2.05, 4.69) is 10.1 Å². The molecule has 0 fully saturated rings. The van der Waals surface area contributed by atoms with Gasteiger partial charge in [0.25, 0.3) is 0 Å². The minimum Gasteiger partial charge on any atom is -0.477 e. The average molecular weight is 231 g/mol. The van der Waals surface area contributed by atoms with Crippen molar-refractivity contribution >= 4 is 5.97 Å². The Morgan fingerprint density at radius 2 is 2.12 bits per heavy atom. The summed E-state index contributed by atoms with van der Waals surface area (Å²) < 4.78 is 1.38. The fraction of sp³-hybridized carbons (Fsp3) is 0.250. The summed E-state index contributed by atoms with van der Waals surface area (Å²) in [6, 6.07) is 3.73. The van der Waals surface area contributed by atoms with Gasteiger partial charge in [-0.1, -0.05) is 6.07 Å². The Balaban J connectivity index is 2.76. The van der Waals surface area contributed by atoms with Crippen LogP contribution >= 0.6 is 0 Å². The molecule has 5 nitrogen and oxygen atoms in total. The molecule has 0 spiro atoms. The van der Waals surface area contributed by atoms with E-state index in [-0.39, 0.29) is 5.69 Å². The maximum Gasteiger partial charge on any atom is 0.354 e. The van der Waals surface area contributed by atoms with Crippen LogP contribution in [0.4, 0.5) is 0 Å². The topological polar surface area (TPSA) is 68.0 Å². The van der Waals surface area contributed by atoms with Crippen molar-refractivity contribution in [3.05, 3.63) is 35.3 Å². The molecule has 0 aliphatic carbocycles. The molecule has 0 aromatic carbocycles. The summed E-state index contributed by atoms with van der Waals surface area (Å²) in [4.78, 5) is 15.5. The van der Waals surface area contributed by atoms with Crippen LogP contribution in [0.25, 0.3) is 11.3 Å². The second kappa shape index (κ2) is 4.01. The van der Waals surface area contributed by atoms with Gasteiger partial charge in [-0.25, -0.2) is 4.79 Å². The van der Waals surface area contributed by atoms with E-state index in [1.54, 1.807) is 20.2 Å². The molecule has 0 saturated heterocycles. The third kappa shape index (κ3) is 1.80. The van der Waals surface area contributed by atoms with Crippen molar-refractivity contribution in [1.82, 2.24) is 14.8 Å². The number of pyridine rings is 1. The lowest BCUT2D eigenvalue weighted by molar-refractivity contribution is 0.0686. The largest absolute Gasteiger partial charge is 0.477 e. The highest BCUT2D eigenvalue weighted by molar-refractivity contribution is 5.94. The van der Waals surface area contributed by atoms with Gasteiger partial charge in [-0.2, -0.15) is 5.10 Å². The van der Waals surface area contributed by atoms with Crippen LogP contribution < -0.4 is 0 Å². The molecule has 0 bridgehead atoms. The summed E-state index contributed by atoms with van der Waals surface area (Å²) in [5.74, 6) is -0.992. The maximum atomic E-state index is 11.3. The van der Waals surface area contributed by atoms with E-state index in [9.17, 15) is 9.90 Å². The zero-order valence-electron chi connectivity index (χ0n) is 9.93. The van der Waals surface area contributed by atoms with Crippen LogP contribution in [-0.2, 0) is 7.05 Å². The number of hydrogen-bond donors (Lipinski definition) is 1. The number of aromatic nitrogens is 3. The number of hydrogen-bond acceptors (Lipinski definition) is 3. The van der Waals surface area contributed by atoms with Crippen molar-refractivity contribution in [2.75, 3.05) is 0 Å². The molecule has 0 amide bonds. The van der Waals surface area contributed by atoms with Crippen LogP contribution in [0, 0.1) is 13.8 Å². The second-order valence-electron chi connectivity index (χ2n) is 3.91. The smallest absolute Gasteiger partial charge is 0.354 e. The number of aryl methyl sites for hydroxylation is 3. The van der Waals surface area contributed by atoms with Gasteiger partial charge in [0.2, 0.25) is 0 Å². The quantitative estimate of drug-likeness (QED) is 0.855. The standard InChI is InChI=1S/C12H13N3O2/c1-7-5-4-6-13-10(7)9-8(2)14-15(3)11(9)12(16)17/h4-6H,1-3H3,(H,16,17). The lowest BCUT2D eigenvalue weighted by Gasteiger charge is -2.04. The molecule has 2 heterocycles. The van der Waals surface area contributed by atoms with E-state index in [1.807, 2.05) is 19.1 Å². The average Bonchev–Trinajstić information content (AvgIpc) is 2.54. The summed E-state index contributed by atoms with van der Waals surface area (Å²) in [7, 11) is 1.62. The Kier molecular flexibility index (Phi) is 2.67. The van der Waals surface area contributed by atoms with Crippen LogP contribution in [0.5, 0.6) is 0 Å². The van der Waals surface area contributed by atoms with E-state index < -0.39 is 5.97 Å². The Morgan fingerprint density at radius 3 is 2.71 bits per heavy atom. The number of carboxylic acids is 1. The van der Waals surface area contributed by atoms with Gasteiger partial charge in [0, 0.05) is 13.2 Å². The van der Waals surface area contributed by atoms with E-state index in [4.69, 9.17) is 0 Å². The minimum absolute atomic E-state index is 0.171. The first-order chi connectivity index (χ1) is 8.02. The van der Waals surface area contributed by atoms with Crippen molar-refractivity contribution in [3.8, 4) is 11.3 Å². The van der Waals surface area contributed by atoms with Crippen molar-refractivity contribution in [3.63, 3.8) is 0 Å². The normalized spacial score (nSPS) is 10.5. The van der Waals surface area contributed by atoms with Gasteiger partial charge in [0.1, 0.15) is 0 Å². The Bertz CT molecular complexity index is 587. The monoisotopic (exact) mass is 231 g/mol. The van der Waals surface area contributed by atoms with E-state index in [0.29, 0.717) is 17.0 Å². The van der Waals surface area contributed by atoms with Crippen LogP contribution in [-0.4, -0.2) is 25.8 Å². The first-order valence-electron chi connectivity index (χ1n) is 5.21. The molecule has 0 atom stereocenters. The summed E-state index contributed by atoms with van der Waals surface area (Å²) in [6.07, 6.45) is 1.65. The first kappa shape index (κ1) is 11.3. The van der Waals surface area contributed by atoms with Gasteiger partial charge in [0.15, 0.2) is 5.69 Å². The molecule has 0 aliphatic heterocycles. The maximum absolute atomic E-state index is 11.3. The molecule has 88 valence electrons. The van der Waals surface area contributed by atoms with Crippen LogP contribution in [0.2, 0.25) is 0 Å². The summed E-state index contributed by atoms with van der Waals surface area (Å²) >= 11 is 0. The molecule has 17 heavy (non-hydrogen) atoms. The van der Waals surface area contributed by atoms with Gasteiger partial charge in [0.05, 0.1) is 17.0 Å². The number of aromatic carboxylic acids is 1. The van der Waals surface area contributed by atoms with Gasteiger partial charge >= 0.3 is 5.97 Å². The highest BCUT2D eigenvalue weighted by Gasteiger charge is 2.22. The van der Waals surface area contributed by atoms with E-state index in [1.165, 1.54) is 4.68 Å². The summed E-state index contributed by atoms with van der Waals surface area (Å²) in [5.41, 5.74) is 3.05. The van der Waals surface area contributed by atoms with Crippen LogP contribution in [0.15, 0.2) is 18.3 Å². The Morgan fingerprint density at radius 1 is 1.41 bits per heavy atom. The fourth-order valence-corrected chi connectivity index (χ4v) is 1.93. The third-order valence-electron chi connectivity index (χ3n) is 2.67. The molecule has 2 rings (SSSR count). The number of carbonyl (C=O) groups is 1. The highest BCUT2D eigenvalue weighted by atomic mass is 16.4. The summed E-state index contributed by atoms with van der Waals surface area (Å²) in [5, 5.41) is 13.4. The molecule has 0 unspecified atom stereocenters. The lowest BCUT2D eigenvalue weighted by Crippen LogP contribution is -2.07. The van der Waals surface area contributed by atoms with E-state index >= 15 is 0 Å². The van der Waals surface area contributed by atoms with Crippen molar-refractivity contribution < 1.29 is 9.90 Å². The fourth-order valence-electron chi connectivity index (χ4n) is 1.93. The lowest BCUT2D eigenvalue weighted by atomic mass is 10.0. The zero-order chi connectivity index (χ0) is 12.6. The predicted octanol–water partition coefficient (Wildman–Crippen LogP) is 1.80. The number of nitrogens with zero attached hydrogens (tertiary/aromatic N) is 3. The van der Waals surface area contributed by atoms with E-state index in [0.717, 1.165) is 5.56 Å². The van der Waals surface area contributed by atoms with Crippen molar-refractivity contribution in [1.29, 1.82) is 0 Å². The van der Waals surface area contributed by atoms with Crippen LogP contribution in [0.1, 0.15) is 21.7 Å². The number of rotatable bonds is 2. The predicted molar refractivity (Wildman–Crippen MR) is 62.9 cm³/mol. The SMILES string of the molecule is Cc1cccnc1-c1c(C)nn(C)c1C(=O)O. The molecule has 2 aromatic rings. The van der Waals surface area contributed by atoms with Crippen molar-refractivity contribution in [2.24, 2.45) is 7.05 Å². The first-order valence-corrected chi connectivity index (χ1v) is 5.21. The molecule has 0 saturated carbocycles. The summed E-state index contributed by atoms with van der Waals surface area (Å²) in [6.45, 7) is 3.69. The van der Waals surface area contributed by atoms with Gasteiger partial charge in [-0.3, -0.25) is 9.67 Å². The molecule has 2 aromatic heterocycles. The number of carboxylic acid groups (broad SMARTS) is 1. The van der Waals surface area contributed by atoms with Gasteiger partial charge in [-0.05, 0) is 25.5 Å². The highest BCUT2D eigenvalue weighted by Crippen LogP contribution is 2.27. The zero-order valence-corrected chi connectivity index (χ0v) is 9.93. The molecule has 5 heteroatoms. The van der Waals surface area contributed by atoms with Gasteiger partial charge in [-0.15, -0.1) is 0 Å². The molecular weight excluding hydrogens is 218 g/mol. The minimum atomic E-state index is -0.992. The van der Waals surface area contributed by atoms with Crippen molar-refractivity contribution in [2.45, 2.75) is 13.8 Å². The second-order valence-corrected chi connectivity index (χ2v) is 3.91. The van der Waals surface area contributed by atoms with Crippen LogP contribution in [0.3, 0.4) is 0 Å². The molecule has 1 N–H and O–H groups in total. The Labute approximate surface area is 98.7 Å². The molecule has 0 aliphatic rings. The molecule has 0 radical (unpaired) electrons. The van der Waals surface area contributed by atoms with Gasteiger partial charge < -0.3 is 5.11 Å².